The maximum absolute atomic E-state index is 12.8. The highest BCUT2D eigenvalue weighted by molar-refractivity contribution is 5.89. The van der Waals surface area contributed by atoms with E-state index in [2.05, 4.69) is 5.43 Å². The summed E-state index contributed by atoms with van der Waals surface area (Å²) in [5.74, 6) is 0.512. The summed E-state index contributed by atoms with van der Waals surface area (Å²) in [5.41, 5.74) is 3.12. The molecule has 0 spiro atoms. The zero-order valence-corrected chi connectivity index (χ0v) is 14.0. The summed E-state index contributed by atoms with van der Waals surface area (Å²) in [4.78, 5) is 11.7. The Bertz CT molecular complexity index is 827. The second kappa shape index (κ2) is 7.25. The highest BCUT2D eigenvalue weighted by Crippen LogP contribution is 2.32. The minimum Gasteiger partial charge on any atom is -0.463 e. The maximum Gasteiger partial charge on any atom is 0.416 e. The van der Waals surface area contributed by atoms with Crippen molar-refractivity contribution in [1.82, 2.24) is 10.4 Å². The largest absolute Gasteiger partial charge is 0.463 e. The number of esters is 1. The van der Waals surface area contributed by atoms with Crippen LogP contribution in [-0.2, 0) is 22.3 Å². The minimum atomic E-state index is -4.40. The lowest BCUT2D eigenvalue weighted by Gasteiger charge is -2.13. The van der Waals surface area contributed by atoms with E-state index in [4.69, 9.17) is 9.15 Å². The molecular weight excluding hydrogens is 349 g/mol. The Kier molecular flexibility index (Phi) is 5.03. The number of benzene rings is 1. The van der Waals surface area contributed by atoms with Crippen molar-refractivity contribution in [1.29, 1.82) is 0 Å². The van der Waals surface area contributed by atoms with Crippen molar-refractivity contribution in [3.63, 3.8) is 0 Å². The van der Waals surface area contributed by atoms with Gasteiger partial charge in [0.1, 0.15) is 11.5 Å². The first-order chi connectivity index (χ1) is 12.4. The number of ether oxygens (including phenoxy) is 1. The van der Waals surface area contributed by atoms with Gasteiger partial charge in [0.15, 0.2) is 0 Å². The second-order valence-corrected chi connectivity index (χ2v) is 5.68. The average molecular weight is 366 g/mol. The molecule has 1 N–H and O–H groups in total. The monoisotopic (exact) mass is 366 g/mol. The van der Waals surface area contributed by atoms with Crippen molar-refractivity contribution in [2.75, 3.05) is 13.2 Å². The Labute approximate surface area is 148 Å². The molecule has 0 saturated heterocycles. The van der Waals surface area contributed by atoms with Crippen LogP contribution in [0.4, 0.5) is 13.2 Å². The lowest BCUT2D eigenvalue weighted by molar-refractivity contribution is -0.139. The molecule has 0 amide bonds. The maximum atomic E-state index is 12.8. The summed E-state index contributed by atoms with van der Waals surface area (Å²) in [6.07, 6.45) is -2.77. The lowest BCUT2D eigenvalue weighted by Crippen LogP contribution is -2.28. The third-order valence-electron chi connectivity index (χ3n) is 3.78. The van der Waals surface area contributed by atoms with Crippen LogP contribution < -0.4 is 5.43 Å². The van der Waals surface area contributed by atoms with Gasteiger partial charge in [-0.15, -0.1) is 0 Å². The molecular formula is C18H17F3N2O3. The zero-order valence-electron chi connectivity index (χ0n) is 14.0. The smallest absolute Gasteiger partial charge is 0.416 e. The van der Waals surface area contributed by atoms with Gasteiger partial charge < -0.3 is 14.2 Å². The van der Waals surface area contributed by atoms with Gasteiger partial charge in [-0.3, -0.25) is 0 Å². The van der Waals surface area contributed by atoms with Crippen LogP contribution in [0.3, 0.4) is 0 Å². The van der Waals surface area contributed by atoms with Crippen molar-refractivity contribution >= 4 is 5.97 Å². The topological polar surface area (TPSA) is 54.7 Å². The van der Waals surface area contributed by atoms with E-state index in [9.17, 15) is 18.0 Å². The molecule has 138 valence electrons. The summed E-state index contributed by atoms with van der Waals surface area (Å²) < 4.78 is 49.1. The van der Waals surface area contributed by atoms with Crippen LogP contribution in [0.15, 0.2) is 52.6 Å². The molecule has 26 heavy (non-hydrogen) atoms. The fourth-order valence-corrected chi connectivity index (χ4v) is 2.55. The second-order valence-electron chi connectivity index (χ2n) is 5.68. The predicted molar refractivity (Wildman–Crippen MR) is 87.4 cm³/mol. The Hall–Kier alpha value is -2.74. The normalized spacial score (nSPS) is 14.5. The van der Waals surface area contributed by atoms with E-state index in [1.807, 2.05) is 0 Å². The van der Waals surface area contributed by atoms with Gasteiger partial charge in [0.25, 0.3) is 0 Å². The number of nitrogens with one attached hydrogen (secondary N) is 1. The van der Waals surface area contributed by atoms with Crippen LogP contribution in [0.5, 0.6) is 0 Å². The number of hydrogen-bond acceptors (Lipinski definition) is 5. The van der Waals surface area contributed by atoms with E-state index in [0.29, 0.717) is 42.4 Å². The number of furan rings is 1. The van der Waals surface area contributed by atoms with E-state index < -0.39 is 11.7 Å². The number of alkyl halides is 3. The van der Waals surface area contributed by atoms with Crippen LogP contribution >= 0.6 is 0 Å². The highest BCUT2D eigenvalue weighted by Gasteiger charge is 2.30. The molecule has 0 bridgehead atoms. The van der Waals surface area contributed by atoms with Crippen LogP contribution in [0.2, 0.25) is 0 Å². The third-order valence-corrected chi connectivity index (χ3v) is 3.78. The van der Waals surface area contributed by atoms with Gasteiger partial charge >= 0.3 is 12.1 Å². The molecule has 1 aliphatic heterocycles. The first kappa shape index (κ1) is 18.1. The van der Waals surface area contributed by atoms with Crippen molar-refractivity contribution in [2.24, 2.45) is 0 Å². The number of carbonyl (C=O) groups excluding carboxylic acids is 1. The molecule has 0 saturated carbocycles. The van der Waals surface area contributed by atoms with E-state index in [-0.39, 0.29) is 5.97 Å². The summed E-state index contributed by atoms with van der Waals surface area (Å²) in [5, 5.41) is 1.67. The Morgan fingerprint density at radius 2 is 2.12 bits per heavy atom. The van der Waals surface area contributed by atoms with Crippen LogP contribution in [0.1, 0.15) is 18.2 Å². The lowest BCUT2D eigenvalue weighted by atomic mass is 10.1. The fraction of sp³-hybridized carbons (Fsp3) is 0.278. The Morgan fingerprint density at radius 1 is 1.31 bits per heavy atom. The zero-order chi connectivity index (χ0) is 18.7. The van der Waals surface area contributed by atoms with Crippen molar-refractivity contribution in [3.05, 3.63) is 59.5 Å². The first-order valence-corrected chi connectivity index (χ1v) is 8.01. The van der Waals surface area contributed by atoms with Gasteiger partial charge in [0.05, 0.1) is 24.3 Å². The number of rotatable bonds is 5. The molecule has 8 heteroatoms. The predicted octanol–water partition coefficient (Wildman–Crippen LogP) is 3.73. The summed E-state index contributed by atoms with van der Waals surface area (Å²) in [6.45, 7) is 2.70. The van der Waals surface area contributed by atoms with Crippen LogP contribution in [-0.4, -0.2) is 24.1 Å². The molecule has 3 rings (SSSR count). The minimum absolute atomic E-state index is 0.300. The highest BCUT2D eigenvalue weighted by atomic mass is 19.4. The van der Waals surface area contributed by atoms with E-state index >= 15 is 0 Å². The molecule has 2 heterocycles. The summed E-state index contributed by atoms with van der Waals surface area (Å²) in [6, 6.07) is 8.28. The molecule has 0 unspecified atom stereocenters. The van der Waals surface area contributed by atoms with Crippen molar-refractivity contribution < 1.29 is 27.1 Å². The number of carbonyl (C=O) groups is 1. The molecule has 0 aliphatic carbocycles. The fourth-order valence-electron chi connectivity index (χ4n) is 2.55. The molecule has 2 aromatic rings. The van der Waals surface area contributed by atoms with Crippen LogP contribution in [0, 0.1) is 0 Å². The third kappa shape index (κ3) is 4.08. The summed E-state index contributed by atoms with van der Waals surface area (Å²) in [7, 11) is 0. The Balaban J connectivity index is 1.70. The first-order valence-electron chi connectivity index (χ1n) is 8.01. The number of hydrogen-bond donors (Lipinski definition) is 1. The van der Waals surface area contributed by atoms with Crippen molar-refractivity contribution in [3.8, 4) is 11.3 Å². The quantitative estimate of drug-likeness (QED) is 0.817. The molecule has 1 aliphatic rings. The molecule has 0 radical (unpaired) electrons. The molecule has 0 atom stereocenters. The average Bonchev–Trinajstić information content (AvgIpc) is 3.25. The van der Waals surface area contributed by atoms with Gasteiger partial charge in [0, 0.05) is 18.3 Å². The van der Waals surface area contributed by atoms with Gasteiger partial charge in [-0.1, -0.05) is 12.1 Å². The van der Waals surface area contributed by atoms with Crippen LogP contribution in [0.25, 0.3) is 11.3 Å². The standard InChI is InChI=1S/C18H17F3N2O3/c1-2-25-17(24)13-9-22-23(10-13)11-15-6-7-16(26-15)12-4-3-5-14(8-12)18(19,20)21/h3-8,10,22H,2,9,11H2,1H3. The van der Waals surface area contributed by atoms with E-state index in [1.54, 1.807) is 36.3 Å². The van der Waals surface area contributed by atoms with Gasteiger partial charge in [0.2, 0.25) is 0 Å². The molecule has 1 aromatic heterocycles. The van der Waals surface area contributed by atoms with Gasteiger partial charge in [-0.05, 0) is 31.2 Å². The summed E-state index contributed by atoms with van der Waals surface area (Å²) >= 11 is 0. The van der Waals surface area contributed by atoms with Crippen molar-refractivity contribution in [2.45, 2.75) is 19.6 Å². The molecule has 5 nitrogen and oxygen atoms in total. The van der Waals surface area contributed by atoms with E-state index in [0.717, 1.165) is 12.1 Å². The van der Waals surface area contributed by atoms with E-state index in [1.165, 1.54) is 6.07 Å². The number of nitrogens with zero attached hydrogens (tertiary/aromatic N) is 1. The number of hydrazine groups is 1. The van der Waals surface area contributed by atoms with Gasteiger partial charge in [-0.25, -0.2) is 10.2 Å². The SMILES string of the molecule is CCOC(=O)C1=CN(Cc2ccc(-c3cccc(C(F)(F)F)c3)o2)NC1. The Morgan fingerprint density at radius 3 is 2.85 bits per heavy atom. The molecule has 1 aromatic carbocycles. The molecule has 0 fully saturated rings. The van der Waals surface area contributed by atoms with Gasteiger partial charge in [-0.2, -0.15) is 13.2 Å². The number of halogens is 3.